The van der Waals surface area contributed by atoms with Gasteiger partial charge in [-0.1, -0.05) is 28.7 Å². The maximum Gasteiger partial charge on any atom is 0.170 e. The number of allylic oxidation sites excluding steroid dienone is 2. The second-order valence-corrected chi connectivity index (χ2v) is 7.18. The average Bonchev–Trinajstić information content (AvgIpc) is 2.26. The molecule has 17 heavy (non-hydrogen) atoms. The van der Waals surface area contributed by atoms with Crippen molar-refractivity contribution < 1.29 is 9.47 Å². The molecule has 3 heteroatoms. The zero-order valence-electron chi connectivity index (χ0n) is 9.79. The first kappa shape index (κ1) is 11.1. The van der Waals surface area contributed by atoms with Crippen LogP contribution >= 0.6 is 22.6 Å². The highest BCUT2D eigenvalue weighted by Crippen LogP contribution is 2.42. The summed E-state index contributed by atoms with van der Waals surface area (Å²) in [7, 11) is 0. The van der Waals surface area contributed by atoms with E-state index in [9.17, 15) is 0 Å². The summed E-state index contributed by atoms with van der Waals surface area (Å²) in [5, 5.41) is 0. The molecule has 1 aliphatic carbocycles. The third kappa shape index (κ3) is 2.08. The van der Waals surface area contributed by atoms with Crippen molar-refractivity contribution in [3.63, 3.8) is 0 Å². The Morgan fingerprint density at radius 2 is 1.94 bits per heavy atom. The molecule has 0 radical (unpaired) electrons. The van der Waals surface area contributed by atoms with E-state index in [0.29, 0.717) is 0 Å². The first-order valence-corrected chi connectivity index (χ1v) is 6.70. The molecule has 0 aromatic heterocycles. The molecule has 3 rings (SSSR count). The minimum atomic E-state index is 0.113. The Labute approximate surface area is 114 Å². The Morgan fingerprint density at radius 3 is 2.76 bits per heavy atom. The number of hydrogen-bond donors (Lipinski definition) is 0. The van der Waals surface area contributed by atoms with Crippen molar-refractivity contribution in [2.75, 3.05) is 0 Å². The average molecular weight is 340 g/mol. The zero-order chi connectivity index (χ0) is 12.0. The third-order valence-corrected chi connectivity index (χ3v) is 3.65. The van der Waals surface area contributed by atoms with Gasteiger partial charge in [-0.25, -0.2) is 0 Å². The zero-order valence-corrected chi connectivity index (χ0v) is 11.9. The monoisotopic (exact) mass is 340 g/mol. The molecule has 2 nitrogen and oxygen atoms in total. The van der Waals surface area contributed by atoms with Crippen LogP contribution in [0.1, 0.15) is 18.9 Å². The van der Waals surface area contributed by atoms with E-state index in [2.05, 4.69) is 41.7 Å². The highest BCUT2D eigenvalue weighted by Gasteiger charge is 2.29. The first-order chi connectivity index (χ1) is 8.03. The predicted octanol–water partition coefficient (Wildman–Crippen LogP) is 4.13. The molecule has 0 spiro atoms. The molecular weight excluding hydrogens is 327 g/mol. The summed E-state index contributed by atoms with van der Waals surface area (Å²) in [6.07, 6.45) is 5.20. The lowest BCUT2D eigenvalue weighted by Crippen LogP contribution is -2.22. The molecular formula is C14H13IO2. The number of aryl methyl sites for hydroxylation is 1. The van der Waals surface area contributed by atoms with Crippen molar-refractivity contribution in [3.05, 3.63) is 47.4 Å². The highest BCUT2D eigenvalue weighted by atomic mass is 127. The van der Waals surface area contributed by atoms with E-state index in [1.165, 1.54) is 5.56 Å². The van der Waals surface area contributed by atoms with E-state index in [0.717, 1.165) is 29.4 Å². The van der Waals surface area contributed by atoms with Gasteiger partial charge in [-0.2, -0.15) is 0 Å². The Bertz CT molecular complexity index is 541. The van der Waals surface area contributed by atoms with Crippen molar-refractivity contribution in [1.82, 2.24) is 0 Å². The molecule has 1 aliphatic heterocycles. The lowest BCUT2D eigenvalue weighted by molar-refractivity contribution is 0.286. The molecule has 0 saturated heterocycles. The van der Waals surface area contributed by atoms with Crippen LogP contribution in [0.25, 0.3) is 0 Å². The van der Waals surface area contributed by atoms with Crippen LogP contribution in [-0.2, 0) is 0 Å². The largest absolute Gasteiger partial charge is 0.450 e. The van der Waals surface area contributed by atoms with Gasteiger partial charge in [-0.15, -0.1) is 0 Å². The molecule has 88 valence electrons. The fourth-order valence-electron chi connectivity index (χ4n) is 1.98. The van der Waals surface area contributed by atoms with Gasteiger partial charge in [0, 0.05) is 3.42 Å². The number of rotatable bonds is 0. The summed E-state index contributed by atoms with van der Waals surface area (Å²) < 4.78 is 11.9. The van der Waals surface area contributed by atoms with Gasteiger partial charge in [0.2, 0.25) is 0 Å². The summed E-state index contributed by atoms with van der Waals surface area (Å²) in [5.74, 6) is 3.29. The van der Waals surface area contributed by atoms with Gasteiger partial charge in [0.25, 0.3) is 0 Å². The summed E-state index contributed by atoms with van der Waals surface area (Å²) in [4.78, 5) is 0. The third-order valence-electron chi connectivity index (χ3n) is 2.90. The minimum Gasteiger partial charge on any atom is -0.450 e. The van der Waals surface area contributed by atoms with Crippen molar-refractivity contribution >= 4 is 22.6 Å². The Kier molecular flexibility index (Phi) is 2.47. The molecule has 0 bridgehead atoms. The Morgan fingerprint density at radius 1 is 1.18 bits per heavy atom. The first-order valence-electron chi connectivity index (χ1n) is 5.62. The Hall–Kier alpha value is -0.970. The number of alkyl halides is 1. The second-order valence-electron chi connectivity index (χ2n) is 4.71. The van der Waals surface area contributed by atoms with Crippen LogP contribution in [0.4, 0.5) is 0 Å². The van der Waals surface area contributed by atoms with E-state index in [1.54, 1.807) is 0 Å². The van der Waals surface area contributed by atoms with Gasteiger partial charge in [-0.05, 0) is 50.1 Å². The number of benzene rings is 1. The lowest BCUT2D eigenvalue weighted by Gasteiger charge is -2.29. The smallest absolute Gasteiger partial charge is 0.170 e. The van der Waals surface area contributed by atoms with Gasteiger partial charge in [0.1, 0.15) is 0 Å². The quantitative estimate of drug-likeness (QED) is 0.522. The molecule has 1 heterocycles. The molecule has 1 aromatic rings. The van der Waals surface area contributed by atoms with E-state index >= 15 is 0 Å². The van der Waals surface area contributed by atoms with Gasteiger partial charge in [0.05, 0.1) is 0 Å². The molecule has 0 saturated carbocycles. The normalized spacial score (nSPS) is 25.8. The molecule has 2 aliphatic rings. The fraction of sp³-hybridized carbons (Fsp3) is 0.286. The van der Waals surface area contributed by atoms with E-state index in [-0.39, 0.29) is 3.42 Å². The van der Waals surface area contributed by atoms with Crippen LogP contribution in [0.15, 0.2) is 41.9 Å². The van der Waals surface area contributed by atoms with Crippen molar-refractivity contribution in [2.24, 2.45) is 0 Å². The molecule has 0 unspecified atom stereocenters. The number of fused-ring (bicyclic) bond motifs is 2. The molecule has 1 atom stereocenters. The lowest BCUT2D eigenvalue weighted by atomic mass is 10.0. The standard InChI is InChI=1S/C14H13IO2/c1-9-3-4-10-12(7-9)16-11-5-6-14(2,15)8-13(11)17-10/h3-5,7-8H,6H2,1-2H3/t14-/m0/s1. The predicted molar refractivity (Wildman–Crippen MR) is 75.6 cm³/mol. The van der Waals surface area contributed by atoms with Gasteiger partial charge in [-0.3, -0.25) is 0 Å². The number of halogens is 1. The Balaban J connectivity index is 2.04. The van der Waals surface area contributed by atoms with Crippen LogP contribution in [0, 0.1) is 6.92 Å². The topological polar surface area (TPSA) is 18.5 Å². The van der Waals surface area contributed by atoms with E-state index < -0.39 is 0 Å². The van der Waals surface area contributed by atoms with Crippen LogP contribution in [0.2, 0.25) is 0 Å². The van der Waals surface area contributed by atoms with Crippen LogP contribution in [0.3, 0.4) is 0 Å². The van der Waals surface area contributed by atoms with E-state index in [1.807, 2.05) is 25.1 Å². The molecule has 0 amide bonds. The van der Waals surface area contributed by atoms with Gasteiger partial charge >= 0.3 is 0 Å². The van der Waals surface area contributed by atoms with E-state index in [4.69, 9.17) is 9.47 Å². The number of ether oxygens (including phenoxy) is 2. The minimum absolute atomic E-state index is 0.113. The van der Waals surface area contributed by atoms with Crippen LogP contribution < -0.4 is 9.47 Å². The second kappa shape index (κ2) is 3.77. The summed E-state index contributed by atoms with van der Waals surface area (Å²) >= 11 is 2.43. The maximum atomic E-state index is 5.89. The van der Waals surface area contributed by atoms with Gasteiger partial charge in [0.15, 0.2) is 23.0 Å². The summed E-state index contributed by atoms with van der Waals surface area (Å²) in [6, 6.07) is 6.00. The molecule has 0 fully saturated rings. The summed E-state index contributed by atoms with van der Waals surface area (Å²) in [5.41, 5.74) is 1.18. The van der Waals surface area contributed by atoms with Crippen LogP contribution in [-0.4, -0.2) is 3.42 Å². The molecule has 1 aromatic carbocycles. The van der Waals surface area contributed by atoms with Crippen molar-refractivity contribution in [1.29, 1.82) is 0 Å². The van der Waals surface area contributed by atoms with Crippen molar-refractivity contribution in [3.8, 4) is 11.5 Å². The highest BCUT2D eigenvalue weighted by molar-refractivity contribution is 14.1. The molecule has 0 N–H and O–H groups in total. The maximum absolute atomic E-state index is 5.89. The van der Waals surface area contributed by atoms with Gasteiger partial charge < -0.3 is 9.47 Å². The summed E-state index contributed by atoms with van der Waals surface area (Å²) in [6.45, 7) is 4.23. The van der Waals surface area contributed by atoms with Crippen molar-refractivity contribution in [2.45, 2.75) is 23.7 Å². The van der Waals surface area contributed by atoms with Crippen LogP contribution in [0.5, 0.6) is 11.5 Å². The number of hydrogen-bond acceptors (Lipinski definition) is 2. The fourth-order valence-corrected chi connectivity index (χ4v) is 2.49. The SMILES string of the molecule is Cc1ccc2c(c1)OC1=CC[C@](C)(I)C=C1O2.